The van der Waals surface area contributed by atoms with E-state index in [2.05, 4.69) is 81.3 Å². The zero-order valence-corrected chi connectivity index (χ0v) is 38.9. The average Bonchev–Trinajstić information content (AvgIpc) is 3.94. The Morgan fingerprint density at radius 2 is 1.03 bits per heavy atom. The first-order chi connectivity index (χ1) is 32.0. The van der Waals surface area contributed by atoms with Crippen molar-refractivity contribution >= 4 is 40.9 Å². The molecule has 0 saturated carbocycles. The lowest BCUT2D eigenvalue weighted by Crippen LogP contribution is -2.59. The number of nitrogens with zero attached hydrogens (tertiary/aromatic N) is 2. The number of para-hydroxylation sites is 2. The van der Waals surface area contributed by atoms with Gasteiger partial charge < -0.3 is 36.8 Å². The van der Waals surface area contributed by atoms with Crippen LogP contribution in [0.3, 0.4) is 0 Å². The minimum Gasteiger partial charge on any atom is -0.347 e. The summed E-state index contributed by atoms with van der Waals surface area (Å²) in [4.78, 5) is 76.0. The molecule has 4 aromatic rings. The molecule has 2 aliphatic carbocycles. The van der Waals surface area contributed by atoms with Gasteiger partial charge in [0.1, 0.15) is 18.1 Å². The Morgan fingerprint density at radius 3 is 1.59 bits per heavy atom. The molecule has 8 rings (SSSR count). The SMILES string of the molecule is CN[C@@H](C)C(=O)N[C@@H](CC[C@H](NC(=O)[C@H](C)NC)C(=O)N1c2ccccc2C[C@H]1C(C)N[C@@H]1CCCc2ccccc21)C(=O)N1c2ccccc2C[C@H]1C(=O)N[C@@H]1CCCc2ccccc21. The van der Waals surface area contributed by atoms with E-state index < -0.39 is 42.0 Å². The molecule has 348 valence electrons. The Bertz CT molecular complexity index is 2420. The number of likely N-dealkylation sites (N-methyl/N-ethyl adjacent to an activating group) is 2. The van der Waals surface area contributed by atoms with Crippen LogP contribution in [0.2, 0.25) is 0 Å². The maximum atomic E-state index is 15.4. The predicted molar refractivity (Wildman–Crippen MR) is 258 cm³/mol. The molecule has 0 aromatic heterocycles. The van der Waals surface area contributed by atoms with E-state index in [4.69, 9.17) is 0 Å². The number of hydrogen-bond donors (Lipinski definition) is 6. The second-order valence-corrected chi connectivity index (χ2v) is 18.6. The lowest BCUT2D eigenvalue weighted by Gasteiger charge is -2.37. The number of amides is 5. The minimum absolute atomic E-state index is 0.00144. The van der Waals surface area contributed by atoms with Crippen molar-refractivity contribution in [2.45, 2.75) is 139 Å². The summed E-state index contributed by atoms with van der Waals surface area (Å²) in [6, 6.07) is 27.4. The van der Waals surface area contributed by atoms with Crippen molar-refractivity contribution in [1.29, 1.82) is 0 Å². The van der Waals surface area contributed by atoms with Gasteiger partial charge in [0.05, 0.1) is 24.2 Å². The fraction of sp³-hybridized carbons (Fsp3) is 0.453. The monoisotopic (exact) mass is 895 g/mol. The summed E-state index contributed by atoms with van der Waals surface area (Å²) in [6.45, 7) is 5.57. The van der Waals surface area contributed by atoms with Crippen molar-refractivity contribution in [1.82, 2.24) is 31.9 Å². The Balaban J connectivity index is 1.09. The van der Waals surface area contributed by atoms with Gasteiger partial charge in [-0.1, -0.05) is 84.9 Å². The molecule has 2 aliphatic heterocycles. The van der Waals surface area contributed by atoms with E-state index in [9.17, 15) is 14.4 Å². The number of anilines is 2. The molecule has 4 aliphatic rings. The van der Waals surface area contributed by atoms with E-state index in [0.717, 1.165) is 60.9 Å². The molecule has 6 N–H and O–H groups in total. The molecule has 5 amide bonds. The van der Waals surface area contributed by atoms with Gasteiger partial charge in [-0.2, -0.15) is 0 Å². The number of benzene rings is 4. The lowest BCUT2D eigenvalue weighted by atomic mass is 9.87. The Hall–Kier alpha value is -5.89. The molecule has 66 heavy (non-hydrogen) atoms. The van der Waals surface area contributed by atoms with Gasteiger partial charge in [-0.15, -0.1) is 0 Å². The Morgan fingerprint density at radius 1 is 0.576 bits per heavy atom. The molecule has 4 aromatic carbocycles. The fourth-order valence-corrected chi connectivity index (χ4v) is 10.5. The van der Waals surface area contributed by atoms with Crippen LogP contribution in [0.25, 0.3) is 0 Å². The van der Waals surface area contributed by atoms with E-state index in [1.165, 1.54) is 21.6 Å². The molecule has 0 radical (unpaired) electrons. The van der Waals surface area contributed by atoms with E-state index in [0.29, 0.717) is 18.5 Å². The predicted octanol–water partition coefficient (Wildman–Crippen LogP) is 5.12. The van der Waals surface area contributed by atoms with Crippen molar-refractivity contribution < 1.29 is 24.0 Å². The first-order valence-electron chi connectivity index (χ1n) is 24.0. The van der Waals surface area contributed by atoms with Crippen molar-refractivity contribution in [3.05, 3.63) is 130 Å². The number of rotatable bonds is 16. The molecule has 2 heterocycles. The molecule has 0 saturated heterocycles. The summed E-state index contributed by atoms with van der Waals surface area (Å²) in [5.74, 6) is -1.80. The van der Waals surface area contributed by atoms with Crippen molar-refractivity contribution in [2.24, 2.45) is 0 Å². The van der Waals surface area contributed by atoms with E-state index in [-0.39, 0.29) is 54.7 Å². The zero-order chi connectivity index (χ0) is 46.5. The van der Waals surface area contributed by atoms with Crippen LogP contribution in [0.5, 0.6) is 0 Å². The zero-order valence-electron chi connectivity index (χ0n) is 38.9. The first kappa shape index (κ1) is 46.6. The summed E-state index contributed by atoms with van der Waals surface area (Å²) in [5, 5.41) is 19.2. The summed E-state index contributed by atoms with van der Waals surface area (Å²) in [5.41, 5.74) is 8.23. The average molecular weight is 895 g/mol. The number of carbonyl (C=O) groups excluding carboxylic acids is 5. The second-order valence-electron chi connectivity index (χ2n) is 18.6. The fourth-order valence-electron chi connectivity index (χ4n) is 10.5. The highest BCUT2D eigenvalue weighted by molar-refractivity contribution is 6.07. The normalized spacial score (nSPS) is 21.8. The molecular weight excluding hydrogens is 829 g/mol. The van der Waals surface area contributed by atoms with Crippen LogP contribution in [0.1, 0.15) is 105 Å². The Kier molecular flexibility index (Phi) is 14.7. The van der Waals surface area contributed by atoms with Gasteiger partial charge >= 0.3 is 0 Å². The third kappa shape index (κ3) is 9.79. The first-order valence-corrected chi connectivity index (χ1v) is 24.0. The van der Waals surface area contributed by atoms with Gasteiger partial charge in [-0.05, 0) is 138 Å². The van der Waals surface area contributed by atoms with Crippen molar-refractivity contribution in [3.63, 3.8) is 0 Å². The lowest BCUT2D eigenvalue weighted by molar-refractivity contribution is -0.131. The second kappa shape index (κ2) is 20.7. The maximum absolute atomic E-state index is 15.4. The van der Waals surface area contributed by atoms with Crippen molar-refractivity contribution in [2.75, 3.05) is 23.9 Å². The molecule has 1 unspecified atom stereocenters. The van der Waals surface area contributed by atoms with Crippen LogP contribution in [0, 0.1) is 0 Å². The van der Waals surface area contributed by atoms with Gasteiger partial charge in [0, 0.05) is 29.9 Å². The third-order valence-corrected chi connectivity index (χ3v) is 14.5. The van der Waals surface area contributed by atoms with E-state index in [1.807, 2.05) is 59.5 Å². The van der Waals surface area contributed by atoms with Crippen LogP contribution in [0.15, 0.2) is 97.1 Å². The minimum atomic E-state index is -1.15. The number of carbonyl (C=O) groups is 5. The Labute approximate surface area is 389 Å². The quantitative estimate of drug-likeness (QED) is 0.0904. The molecule has 0 bridgehead atoms. The molecule has 0 spiro atoms. The molecular formula is C53H66N8O5. The number of aryl methyl sites for hydroxylation is 2. The van der Waals surface area contributed by atoms with Crippen LogP contribution >= 0.6 is 0 Å². The van der Waals surface area contributed by atoms with Crippen LogP contribution in [0.4, 0.5) is 11.4 Å². The largest absolute Gasteiger partial charge is 0.347 e. The molecule has 13 nitrogen and oxygen atoms in total. The van der Waals surface area contributed by atoms with Crippen molar-refractivity contribution in [3.8, 4) is 0 Å². The molecule has 0 fully saturated rings. The highest BCUT2D eigenvalue weighted by Crippen LogP contribution is 2.38. The van der Waals surface area contributed by atoms with Gasteiger partial charge in [0.15, 0.2) is 0 Å². The number of hydrogen-bond acceptors (Lipinski definition) is 8. The van der Waals surface area contributed by atoms with E-state index >= 15 is 9.59 Å². The highest BCUT2D eigenvalue weighted by atomic mass is 16.2. The summed E-state index contributed by atoms with van der Waals surface area (Å²) in [6.07, 6.45) is 6.73. The van der Waals surface area contributed by atoms with Crippen LogP contribution < -0.4 is 41.7 Å². The van der Waals surface area contributed by atoms with Gasteiger partial charge in [-0.3, -0.25) is 28.9 Å². The summed E-state index contributed by atoms with van der Waals surface area (Å²) >= 11 is 0. The van der Waals surface area contributed by atoms with Crippen LogP contribution in [-0.4, -0.2) is 85.9 Å². The van der Waals surface area contributed by atoms with Gasteiger partial charge in [0.2, 0.25) is 29.5 Å². The number of fused-ring (bicyclic) bond motifs is 4. The molecule has 9 atom stereocenters. The van der Waals surface area contributed by atoms with Crippen LogP contribution in [-0.2, 0) is 49.7 Å². The summed E-state index contributed by atoms with van der Waals surface area (Å²) < 4.78 is 0. The van der Waals surface area contributed by atoms with E-state index in [1.54, 1.807) is 27.9 Å². The third-order valence-electron chi connectivity index (χ3n) is 14.5. The standard InChI is InChI=1S/C53H66N8O5/c1-32(56-41-24-14-20-35-16-6-10-22-39(35)41)47-30-37-18-8-12-26-45(37)60(47)52(65)43(58-49(62)33(2)54-4)28-29-44(59-50(63)34(3)55-5)53(66)61-46-27-13-9-19-38(46)31-48(61)51(64)57-42-25-15-21-36-17-7-11-23-40(36)42/h6-13,16-19,22-23,26-27,32-34,41-44,47-48,54-56H,14-15,20-21,24-25,28-31H2,1-5H3,(H,57,64)(H,58,62)(H,59,63)/t32?,33-,34-,41+,42+,43-,44-,47-,48-/m0/s1. The number of nitrogens with one attached hydrogen (secondary N) is 6. The molecule has 13 heteroatoms. The van der Waals surface area contributed by atoms with Gasteiger partial charge in [0.25, 0.3) is 0 Å². The smallest absolute Gasteiger partial charge is 0.250 e. The maximum Gasteiger partial charge on any atom is 0.250 e. The van der Waals surface area contributed by atoms with Gasteiger partial charge in [-0.25, -0.2) is 0 Å². The topological polar surface area (TPSA) is 164 Å². The highest BCUT2D eigenvalue weighted by Gasteiger charge is 2.44. The summed E-state index contributed by atoms with van der Waals surface area (Å²) in [7, 11) is 3.35.